The molecule has 1 heterocycles. The normalized spacial score (nSPS) is 11.3. The van der Waals surface area contributed by atoms with Crippen molar-refractivity contribution in [3.63, 3.8) is 0 Å². The van der Waals surface area contributed by atoms with Gasteiger partial charge in [-0.2, -0.15) is 0 Å². The second-order valence-corrected chi connectivity index (χ2v) is 8.56. The van der Waals surface area contributed by atoms with E-state index in [1.54, 1.807) is 26.0 Å². The molecule has 0 saturated heterocycles. The highest BCUT2D eigenvalue weighted by Crippen LogP contribution is 2.22. The lowest BCUT2D eigenvalue weighted by Gasteiger charge is -2.09. The molecule has 2 rings (SSSR count). The van der Waals surface area contributed by atoms with Crippen molar-refractivity contribution < 1.29 is 22.7 Å². The molecule has 134 valence electrons. The molecule has 0 fully saturated rings. The van der Waals surface area contributed by atoms with Crippen molar-refractivity contribution >= 4 is 44.7 Å². The van der Waals surface area contributed by atoms with Gasteiger partial charge in [0.05, 0.1) is 19.7 Å². The van der Waals surface area contributed by atoms with E-state index in [1.807, 2.05) is 0 Å². The number of Topliss-reactive ketones (excluding diaryl/α,β-unsaturated/α-hetero) is 1. The zero-order chi connectivity index (χ0) is 18.6. The maximum absolute atomic E-state index is 12.2. The van der Waals surface area contributed by atoms with Crippen LogP contribution in [0, 0.1) is 6.92 Å². The highest BCUT2D eigenvalue weighted by atomic mass is 35.5. The second kappa shape index (κ2) is 8.09. The van der Waals surface area contributed by atoms with Gasteiger partial charge in [-0.05, 0) is 36.8 Å². The first-order valence-electron chi connectivity index (χ1n) is 7.30. The summed E-state index contributed by atoms with van der Waals surface area (Å²) in [5.41, 5.74) is 0.642. The van der Waals surface area contributed by atoms with Crippen molar-refractivity contribution in [2.75, 3.05) is 13.2 Å². The van der Waals surface area contributed by atoms with Crippen LogP contribution in [-0.2, 0) is 14.8 Å². The molecular weight excluding hydrogens is 386 g/mol. The maximum Gasteiger partial charge on any atom is 0.338 e. The number of ketones is 1. The SMILES string of the molecule is CCNS(=O)(=O)c1ccc(C)c(C(=O)OCC(=O)c2ccc(Cl)s2)c1. The molecule has 1 N–H and O–H groups in total. The molecule has 0 aliphatic heterocycles. The number of esters is 1. The number of carbonyl (C=O) groups excluding carboxylic acids is 2. The average molecular weight is 402 g/mol. The number of hydrogen-bond acceptors (Lipinski definition) is 6. The number of aryl methyl sites for hydroxylation is 1. The van der Waals surface area contributed by atoms with Crippen LogP contribution in [0.5, 0.6) is 0 Å². The summed E-state index contributed by atoms with van der Waals surface area (Å²) in [6, 6.07) is 7.30. The van der Waals surface area contributed by atoms with Gasteiger partial charge in [-0.1, -0.05) is 24.6 Å². The van der Waals surface area contributed by atoms with Crippen molar-refractivity contribution in [2.45, 2.75) is 18.7 Å². The van der Waals surface area contributed by atoms with Crippen LogP contribution in [0.1, 0.15) is 32.5 Å². The minimum Gasteiger partial charge on any atom is -0.454 e. The van der Waals surface area contributed by atoms with Gasteiger partial charge in [0.15, 0.2) is 6.61 Å². The molecule has 6 nitrogen and oxygen atoms in total. The lowest BCUT2D eigenvalue weighted by molar-refractivity contribution is 0.0475. The number of benzene rings is 1. The summed E-state index contributed by atoms with van der Waals surface area (Å²) in [5.74, 6) is -1.14. The van der Waals surface area contributed by atoms with E-state index in [0.717, 1.165) is 11.3 Å². The summed E-state index contributed by atoms with van der Waals surface area (Å²) in [4.78, 5) is 24.5. The molecule has 1 aromatic heterocycles. The van der Waals surface area contributed by atoms with Gasteiger partial charge >= 0.3 is 5.97 Å². The van der Waals surface area contributed by atoms with E-state index in [2.05, 4.69) is 4.72 Å². The molecular formula is C16H16ClNO5S2. The molecule has 25 heavy (non-hydrogen) atoms. The Morgan fingerprint density at radius 3 is 2.56 bits per heavy atom. The molecule has 0 unspecified atom stereocenters. The average Bonchev–Trinajstić information content (AvgIpc) is 2.99. The minimum absolute atomic E-state index is 0.0386. The van der Waals surface area contributed by atoms with Crippen molar-refractivity contribution in [1.82, 2.24) is 4.72 Å². The van der Waals surface area contributed by atoms with E-state index >= 15 is 0 Å². The fourth-order valence-electron chi connectivity index (χ4n) is 2.01. The van der Waals surface area contributed by atoms with E-state index in [0.29, 0.717) is 14.8 Å². The molecule has 0 saturated carbocycles. The van der Waals surface area contributed by atoms with Crippen LogP contribution in [-0.4, -0.2) is 33.3 Å². The highest BCUT2D eigenvalue weighted by Gasteiger charge is 2.19. The largest absolute Gasteiger partial charge is 0.454 e. The minimum atomic E-state index is -3.69. The second-order valence-electron chi connectivity index (χ2n) is 5.08. The monoisotopic (exact) mass is 401 g/mol. The Bertz CT molecular complexity index is 905. The van der Waals surface area contributed by atoms with Gasteiger partial charge in [0.2, 0.25) is 15.8 Å². The standard InChI is InChI=1S/C16H16ClNO5S2/c1-3-18-25(21,22)11-5-4-10(2)12(8-11)16(20)23-9-13(19)14-6-7-15(17)24-14/h4-8,18H,3,9H2,1-2H3. The molecule has 0 aliphatic carbocycles. The molecule has 0 bridgehead atoms. The Labute approximate surface area is 154 Å². The predicted molar refractivity (Wildman–Crippen MR) is 96.0 cm³/mol. The lowest BCUT2D eigenvalue weighted by Crippen LogP contribution is -2.23. The van der Waals surface area contributed by atoms with Gasteiger partial charge in [-0.3, -0.25) is 4.79 Å². The van der Waals surface area contributed by atoms with Crippen LogP contribution in [0.4, 0.5) is 0 Å². The zero-order valence-electron chi connectivity index (χ0n) is 13.5. The molecule has 0 aliphatic rings. The smallest absolute Gasteiger partial charge is 0.338 e. The Balaban J connectivity index is 2.14. The number of thiophene rings is 1. The van der Waals surface area contributed by atoms with Gasteiger partial charge in [-0.15, -0.1) is 11.3 Å². The van der Waals surface area contributed by atoms with E-state index < -0.39 is 22.6 Å². The summed E-state index contributed by atoms with van der Waals surface area (Å²) in [7, 11) is -3.69. The van der Waals surface area contributed by atoms with Crippen LogP contribution in [0.15, 0.2) is 35.2 Å². The molecule has 0 atom stereocenters. The number of halogens is 1. The fourth-order valence-corrected chi connectivity index (χ4v) is 4.04. The van der Waals surface area contributed by atoms with Crippen molar-refractivity contribution in [3.8, 4) is 0 Å². The first kappa shape index (κ1) is 19.6. The number of hydrogen-bond donors (Lipinski definition) is 1. The highest BCUT2D eigenvalue weighted by molar-refractivity contribution is 7.89. The van der Waals surface area contributed by atoms with Crippen molar-refractivity contribution in [3.05, 3.63) is 50.7 Å². The van der Waals surface area contributed by atoms with Crippen LogP contribution < -0.4 is 4.72 Å². The molecule has 1 aromatic carbocycles. The third-order valence-electron chi connectivity index (χ3n) is 3.26. The van der Waals surface area contributed by atoms with Crippen molar-refractivity contribution in [1.29, 1.82) is 0 Å². The van der Waals surface area contributed by atoms with Crippen LogP contribution in [0.2, 0.25) is 4.34 Å². The summed E-state index contributed by atoms with van der Waals surface area (Å²) >= 11 is 6.86. The van der Waals surface area contributed by atoms with E-state index in [9.17, 15) is 18.0 Å². The Morgan fingerprint density at radius 1 is 1.24 bits per heavy atom. The summed E-state index contributed by atoms with van der Waals surface area (Å²) in [6.45, 7) is 3.09. The van der Waals surface area contributed by atoms with Crippen LogP contribution in [0.25, 0.3) is 0 Å². The van der Waals surface area contributed by atoms with E-state index in [4.69, 9.17) is 16.3 Å². The van der Waals surface area contributed by atoms with Crippen LogP contribution >= 0.6 is 22.9 Å². The quantitative estimate of drug-likeness (QED) is 0.568. The van der Waals surface area contributed by atoms with Crippen LogP contribution in [0.3, 0.4) is 0 Å². The fraction of sp³-hybridized carbons (Fsp3) is 0.250. The van der Waals surface area contributed by atoms with Gasteiger partial charge in [-0.25, -0.2) is 17.9 Å². The lowest BCUT2D eigenvalue weighted by atomic mass is 10.1. The number of ether oxygens (including phenoxy) is 1. The van der Waals surface area contributed by atoms with Gasteiger partial charge in [0.25, 0.3) is 0 Å². The molecule has 0 spiro atoms. The molecule has 0 amide bonds. The first-order chi connectivity index (χ1) is 11.7. The predicted octanol–water partition coefficient (Wildman–Crippen LogP) is 3.05. The summed E-state index contributed by atoms with van der Waals surface area (Å²) in [5, 5.41) is 0. The van der Waals surface area contributed by atoms with Gasteiger partial charge < -0.3 is 4.74 Å². The topological polar surface area (TPSA) is 89.5 Å². The molecule has 2 aromatic rings. The third kappa shape index (κ3) is 4.88. The Morgan fingerprint density at radius 2 is 1.96 bits per heavy atom. The van der Waals surface area contributed by atoms with Gasteiger partial charge in [0.1, 0.15) is 0 Å². The Kier molecular flexibility index (Phi) is 6.34. The number of carbonyl (C=O) groups is 2. The summed E-state index contributed by atoms with van der Waals surface area (Å²) < 4.78 is 31.9. The zero-order valence-corrected chi connectivity index (χ0v) is 15.9. The number of sulfonamides is 1. The first-order valence-corrected chi connectivity index (χ1v) is 9.98. The molecule has 0 radical (unpaired) electrons. The van der Waals surface area contributed by atoms with Gasteiger partial charge in [0, 0.05) is 6.54 Å². The number of nitrogens with one attached hydrogen (secondary N) is 1. The van der Waals surface area contributed by atoms with E-state index in [-0.39, 0.29) is 22.8 Å². The molecule has 9 heteroatoms. The van der Waals surface area contributed by atoms with E-state index in [1.165, 1.54) is 18.2 Å². The summed E-state index contributed by atoms with van der Waals surface area (Å²) in [6.07, 6.45) is 0. The maximum atomic E-state index is 12.2. The number of rotatable bonds is 7. The Hall–Kier alpha value is -1.74. The van der Waals surface area contributed by atoms with Crippen molar-refractivity contribution in [2.24, 2.45) is 0 Å². The third-order valence-corrected chi connectivity index (χ3v) is 6.07.